The van der Waals surface area contributed by atoms with Crippen LogP contribution in [0, 0.1) is 0 Å². The van der Waals surface area contributed by atoms with E-state index in [-0.39, 0.29) is 10.5 Å². The van der Waals surface area contributed by atoms with Gasteiger partial charge in [0.15, 0.2) is 0 Å². The Labute approximate surface area is 112 Å². The number of hydrogen-bond donors (Lipinski definition) is 0. The molecule has 1 aliphatic heterocycles. The average Bonchev–Trinajstić information content (AvgIpc) is 2.68. The number of nitrogens with zero attached hydrogens (tertiary/aromatic N) is 1. The van der Waals surface area contributed by atoms with Crippen LogP contribution in [0.25, 0.3) is 0 Å². The Balaban J connectivity index is 2.25. The lowest BCUT2D eigenvalue weighted by Crippen LogP contribution is -2.32. The van der Waals surface area contributed by atoms with Crippen LogP contribution in [0.1, 0.15) is 36.0 Å². The quantitative estimate of drug-likeness (QED) is 0.814. The molecule has 1 aromatic rings. The van der Waals surface area contributed by atoms with Crippen molar-refractivity contribution in [2.45, 2.75) is 30.6 Å². The van der Waals surface area contributed by atoms with E-state index in [2.05, 4.69) is 0 Å². The van der Waals surface area contributed by atoms with Gasteiger partial charge in [0.2, 0.25) is 10.0 Å². The first-order valence-corrected chi connectivity index (χ1v) is 7.77. The number of hydrogen-bond acceptors (Lipinski definition) is 4. The highest BCUT2D eigenvalue weighted by molar-refractivity contribution is 7.89. The van der Waals surface area contributed by atoms with Crippen molar-refractivity contribution in [1.82, 2.24) is 4.31 Å². The minimum Gasteiger partial charge on any atom is -0.545 e. The molecule has 19 heavy (non-hydrogen) atoms. The van der Waals surface area contributed by atoms with Crippen molar-refractivity contribution in [2.24, 2.45) is 0 Å². The molecule has 0 aliphatic carbocycles. The predicted octanol–water partition coefficient (Wildman–Crippen LogP) is 0.615. The summed E-state index contributed by atoms with van der Waals surface area (Å²) in [4.78, 5) is 10.8. The third-order valence-corrected chi connectivity index (χ3v) is 5.21. The first kappa shape index (κ1) is 14.0. The average molecular weight is 282 g/mol. The first-order chi connectivity index (χ1) is 9.01. The highest BCUT2D eigenvalue weighted by atomic mass is 32.2. The fourth-order valence-electron chi connectivity index (χ4n) is 2.19. The molecule has 1 aliphatic rings. The topological polar surface area (TPSA) is 77.5 Å². The van der Waals surface area contributed by atoms with Crippen molar-refractivity contribution in [3.8, 4) is 0 Å². The lowest BCUT2D eigenvalue weighted by molar-refractivity contribution is -0.255. The molecule has 0 bridgehead atoms. The van der Waals surface area contributed by atoms with Crippen molar-refractivity contribution in [3.63, 3.8) is 0 Å². The summed E-state index contributed by atoms with van der Waals surface area (Å²) in [5.74, 6) is -1.31. The molecule has 0 amide bonds. The molecule has 104 valence electrons. The van der Waals surface area contributed by atoms with Crippen LogP contribution in [-0.2, 0) is 10.0 Å². The molecular formula is C13H16NO4S-. The second-order valence-corrected chi connectivity index (χ2v) is 6.57. The van der Waals surface area contributed by atoms with E-state index < -0.39 is 16.0 Å². The second-order valence-electron chi connectivity index (χ2n) is 4.63. The number of aromatic carboxylic acids is 1. The van der Waals surface area contributed by atoms with E-state index >= 15 is 0 Å². The summed E-state index contributed by atoms with van der Waals surface area (Å²) in [5, 5.41) is 10.6. The van der Waals surface area contributed by atoms with Crippen molar-refractivity contribution in [2.75, 3.05) is 13.1 Å². The van der Waals surface area contributed by atoms with E-state index in [1.54, 1.807) is 0 Å². The van der Waals surface area contributed by atoms with E-state index in [1.165, 1.54) is 28.6 Å². The number of carboxylic acid groups (broad SMARTS) is 1. The van der Waals surface area contributed by atoms with E-state index in [4.69, 9.17) is 0 Å². The van der Waals surface area contributed by atoms with Crippen LogP contribution >= 0.6 is 0 Å². The highest BCUT2D eigenvalue weighted by Gasteiger charge is 2.24. The molecule has 0 unspecified atom stereocenters. The zero-order valence-electron chi connectivity index (χ0n) is 10.5. The molecule has 1 fully saturated rings. The van der Waals surface area contributed by atoms with Crippen LogP contribution in [0.2, 0.25) is 0 Å². The monoisotopic (exact) mass is 282 g/mol. The Morgan fingerprint density at radius 1 is 1.00 bits per heavy atom. The molecule has 0 atom stereocenters. The predicted molar refractivity (Wildman–Crippen MR) is 68.0 cm³/mol. The van der Waals surface area contributed by atoms with Gasteiger partial charge in [0.1, 0.15) is 0 Å². The van der Waals surface area contributed by atoms with Crippen LogP contribution in [0.5, 0.6) is 0 Å². The molecular weight excluding hydrogens is 266 g/mol. The summed E-state index contributed by atoms with van der Waals surface area (Å²) in [6.07, 6.45) is 3.85. The molecule has 6 heteroatoms. The lowest BCUT2D eigenvalue weighted by Gasteiger charge is -2.20. The van der Waals surface area contributed by atoms with Crippen LogP contribution in [0.3, 0.4) is 0 Å². The van der Waals surface area contributed by atoms with Crippen molar-refractivity contribution >= 4 is 16.0 Å². The first-order valence-electron chi connectivity index (χ1n) is 6.33. The molecule has 1 heterocycles. The standard InChI is InChI=1S/C13H17NO4S/c15-13(16)11-5-7-12(8-6-11)19(17,18)14-9-3-1-2-4-10-14/h5-8H,1-4,9-10H2,(H,15,16)/p-1. The number of benzene rings is 1. The summed E-state index contributed by atoms with van der Waals surface area (Å²) < 4.78 is 26.2. The normalized spacial score (nSPS) is 17.9. The van der Waals surface area contributed by atoms with Gasteiger partial charge in [0.05, 0.1) is 10.9 Å². The SMILES string of the molecule is O=C([O-])c1ccc(S(=O)(=O)N2CCCCCC2)cc1. The van der Waals surface area contributed by atoms with E-state index in [9.17, 15) is 18.3 Å². The third kappa shape index (κ3) is 3.13. The van der Waals surface area contributed by atoms with E-state index in [1.807, 2.05) is 0 Å². The molecule has 0 aromatic heterocycles. The van der Waals surface area contributed by atoms with Crippen LogP contribution in [0.15, 0.2) is 29.2 Å². The van der Waals surface area contributed by atoms with Gasteiger partial charge in [-0.25, -0.2) is 8.42 Å². The molecule has 0 spiro atoms. The zero-order chi connectivity index (χ0) is 13.9. The fourth-order valence-corrected chi connectivity index (χ4v) is 3.71. The smallest absolute Gasteiger partial charge is 0.243 e. The van der Waals surface area contributed by atoms with Gasteiger partial charge < -0.3 is 9.90 Å². The Morgan fingerprint density at radius 3 is 2.00 bits per heavy atom. The van der Waals surface area contributed by atoms with Gasteiger partial charge in [-0.1, -0.05) is 25.0 Å². The Morgan fingerprint density at radius 2 is 1.53 bits per heavy atom. The zero-order valence-corrected chi connectivity index (χ0v) is 11.4. The van der Waals surface area contributed by atoms with Gasteiger partial charge in [0.25, 0.3) is 0 Å². The molecule has 0 N–H and O–H groups in total. The Hall–Kier alpha value is -1.40. The number of carboxylic acids is 1. The van der Waals surface area contributed by atoms with Gasteiger partial charge in [-0.2, -0.15) is 4.31 Å². The van der Waals surface area contributed by atoms with Gasteiger partial charge in [-0.05, 0) is 30.5 Å². The maximum absolute atomic E-state index is 12.4. The Bertz CT molecular complexity index is 543. The number of carbonyl (C=O) groups excluding carboxylic acids is 1. The van der Waals surface area contributed by atoms with E-state index in [0.717, 1.165) is 25.7 Å². The van der Waals surface area contributed by atoms with Gasteiger partial charge in [-0.3, -0.25) is 0 Å². The summed E-state index contributed by atoms with van der Waals surface area (Å²) in [7, 11) is -3.51. The summed E-state index contributed by atoms with van der Waals surface area (Å²) in [6, 6.07) is 5.18. The summed E-state index contributed by atoms with van der Waals surface area (Å²) in [6.45, 7) is 1.06. The molecule has 0 radical (unpaired) electrons. The largest absolute Gasteiger partial charge is 0.545 e. The summed E-state index contributed by atoms with van der Waals surface area (Å²) >= 11 is 0. The lowest BCUT2D eigenvalue weighted by atomic mass is 10.2. The third-order valence-electron chi connectivity index (χ3n) is 3.29. The van der Waals surface area contributed by atoms with Crippen molar-refractivity contribution < 1.29 is 18.3 Å². The maximum Gasteiger partial charge on any atom is 0.243 e. The number of rotatable bonds is 3. The number of carbonyl (C=O) groups is 1. The second kappa shape index (κ2) is 5.71. The van der Waals surface area contributed by atoms with Crippen molar-refractivity contribution in [3.05, 3.63) is 29.8 Å². The minimum atomic E-state index is -3.51. The van der Waals surface area contributed by atoms with Gasteiger partial charge in [0, 0.05) is 13.1 Å². The molecule has 1 saturated heterocycles. The molecule has 5 nitrogen and oxygen atoms in total. The van der Waals surface area contributed by atoms with Gasteiger partial charge >= 0.3 is 0 Å². The van der Waals surface area contributed by atoms with Crippen LogP contribution in [-0.4, -0.2) is 31.8 Å². The van der Waals surface area contributed by atoms with Gasteiger partial charge in [-0.15, -0.1) is 0 Å². The fraction of sp³-hybridized carbons (Fsp3) is 0.462. The van der Waals surface area contributed by atoms with E-state index in [0.29, 0.717) is 13.1 Å². The van der Waals surface area contributed by atoms with Crippen LogP contribution in [0.4, 0.5) is 0 Å². The maximum atomic E-state index is 12.4. The number of sulfonamides is 1. The minimum absolute atomic E-state index is 0.0187. The Kier molecular flexibility index (Phi) is 4.21. The molecule has 2 rings (SSSR count). The highest BCUT2D eigenvalue weighted by Crippen LogP contribution is 2.20. The molecule has 0 saturated carbocycles. The van der Waals surface area contributed by atoms with Crippen molar-refractivity contribution in [1.29, 1.82) is 0 Å². The summed E-state index contributed by atoms with van der Waals surface area (Å²) in [5.41, 5.74) is -0.0187. The molecule has 1 aromatic carbocycles. The van der Waals surface area contributed by atoms with Crippen LogP contribution < -0.4 is 5.11 Å².